The van der Waals surface area contributed by atoms with E-state index >= 15 is 0 Å². The average Bonchev–Trinajstić information content (AvgIpc) is 3.36. The van der Waals surface area contributed by atoms with Crippen LogP contribution in [0.1, 0.15) is 47.4 Å². The molecule has 1 unspecified atom stereocenters. The first-order chi connectivity index (χ1) is 17.9. The van der Waals surface area contributed by atoms with Crippen LogP contribution in [0.5, 0.6) is 0 Å². The summed E-state index contributed by atoms with van der Waals surface area (Å²) in [5, 5.41) is 5.90. The Balaban J connectivity index is 1.34. The molecule has 3 heterocycles. The number of carbonyl (C=O) groups is 2. The Labute approximate surface area is 220 Å². The second kappa shape index (κ2) is 10.8. The number of fused-ring (bicyclic) bond motifs is 2. The number of ether oxygens (including phenoxy) is 1. The van der Waals surface area contributed by atoms with Crippen LogP contribution >= 0.6 is 11.3 Å². The minimum Gasteiger partial charge on any atom is -0.449 e. The average molecular weight is 515 g/mol. The Hall–Kier alpha value is -3.62. The van der Waals surface area contributed by atoms with Crippen molar-refractivity contribution in [2.75, 3.05) is 18.4 Å². The zero-order valence-electron chi connectivity index (χ0n) is 21.3. The normalized spacial score (nSPS) is 14.2. The number of amides is 1. The van der Waals surface area contributed by atoms with Crippen molar-refractivity contribution in [2.45, 2.75) is 46.3 Å². The lowest BCUT2D eigenvalue weighted by atomic mass is 9.95. The molecule has 37 heavy (non-hydrogen) atoms. The zero-order valence-corrected chi connectivity index (χ0v) is 22.1. The van der Waals surface area contributed by atoms with Gasteiger partial charge in [0.2, 0.25) is 0 Å². The van der Waals surface area contributed by atoms with Gasteiger partial charge in [-0.05, 0) is 32.9 Å². The van der Waals surface area contributed by atoms with Crippen molar-refractivity contribution in [2.24, 2.45) is 0 Å². The summed E-state index contributed by atoms with van der Waals surface area (Å²) in [7, 11) is 0. The van der Waals surface area contributed by atoms with Gasteiger partial charge in [0.25, 0.3) is 5.91 Å². The van der Waals surface area contributed by atoms with E-state index in [1.54, 1.807) is 6.92 Å². The van der Waals surface area contributed by atoms with Crippen LogP contribution in [0.4, 0.5) is 5.13 Å². The number of rotatable bonds is 7. The third-order valence-electron chi connectivity index (χ3n) is 6.60. The summed E-state index contributed by atoms with van der Waals surface area (Å²) in [6.07, 6.45) is 0.830. The minimum atomic E-state index is -0.989. The molecule has 0 aliphatic carbocycles. The van der Waals surface area contributed by atoms with E-state index in [9.17, 15) is 9.59 Å². The van der Waals surface area contributed by atoms with E-state index in [0.29, 0.717) is 17.2 Å². The number of hydrogen-bond donors (Lipinski definition) is 1. The highest BCUT2D eigenvalue weighted by Crippen LogP contribution is 2.30. The number of carbonyl (C=O) groups excluding carboxylic acids is 2. The fraction of sp³-hybridized carbons (Fsp3) is 0.310. The monoisotopic (exact) mass is 514 g/mol. The molecular weight excluding hydrogens is 484 g/mol. The van der Waals surface area contributed by atoms with Crippen LogP contribution in [0.15, 0.2) is 53.9 Å². The number of nitrogens with one attached hydrogen (secondary N) is 1. The van der Waals surface area contributed by atoms with Gasteiger partial charge in [0.05, 0.1) is 16.8 Å². The van der Waals surface area contributed by atoms with E-state index in [-0.39, 0.29) is 0 Å². The van der Waals surface area contributed by atoms with Crippen molar-refractivity contribution in [1.29, 1.82) is 0 Å². The first-order valence-electron chi connectivity index (χ1n) is 12.6. The van der Waals surface area contributed by atoms with E-state index in [1.807, 2.05) is 60.8 Å². The highest BCUT2D eigenvalue weighted by molar-refractivity contribution is 7.14. The van der Waals surface area contributed by atoms with E-state index in [2.05, 4.69) is 22.1 Å². The molecule has 1 atom stereocenters. The molecule has 2 aromatic carbocycles. The lowest BCUT2D eigenvalue weighted by Crippen LogP contribution is -2.34. The second-order valence-electron chi connectivity index (χ2n) is 9.40. The number of aromatic nitrogens is 2. The van der Waals surface area contributed by atoms with Crippen LogP contribution in [-0.4, -0.2) is 45.9 Å². The van der Waals surface area contributed by atoms with Crippen molar-refractivity contribution >= 4 is 39.2 Å². The van der Waals surface area contributed by atoms with E-state index in [4.69, 9.17) is 9.72 Å². The Kier molecular flexibility index (Phi) is 7.30. The lowest BCUT2D eigenvalue weighted by Gasteiger charge is -2.29. The van der Waals surface area contributed by atoms with Crippen LogP contribution in [0.25, 0.3) is 22.2 Å². The van der Waals surface area contributed by atoms with Gasteiger partial charge < -0.3 is 4.74 Å². The maximum absolute atomic E-state index is 13.5. The van der Waals surface area contributed by atoms with E-state index in [0.717, 1.165) is 59.3 Å². The van der Waals surface area contributed by atoms with Gasteiger partial charge in [0.1, 0.15) is 0 Å². The predicted molar refractivity (Wildman–Crippen MR) is 147 cm³/mol. The first kappa shape index (κ1) is 25.0. The van der Waals surface area contributed by atoms with Gasteiger partial charge in [-0.2, -0.15) is 0 Å². The molecule has 0 fully saturated rings. The smallest absolute Gasteiger partial charge is 0.339 e. The summed E-state index contributed by atoms with van der Waals surface area (Å²) in [5.41, 5.74) is 6.05. The zero-order chi connectivity index (χ0) is 25.9. The number of esters is 1. The number of anilines is 1. The van der Waals surface area contributed by atoms with E-state index in [1.165, 1.54) is 16.9 Å². The molecule has 0 radical (unpaired) electrons. The van der Waals surface area contributed by atoms with E-state index < -0.39 is 18.0 Å². The fourth-order valence-electron chi connectivity index (χ4n) is 4.65. The second-order valence-corrected chi connectivity index (χ2v) is 10.3. The number of aryl methyl sites for hydroxylation is 1. The standard InChI is InChI=1S/C29H30N4O3S/c1-4-14-33-15-13-24-22(16-33)26(21-7-5-6-8-23(21)30-24)28(35)36-19(3)27(34)32-29-31-25(17-37-29)20-11-9-18(2)10-12-20/h5-12,17,19H,4,13-16H2,1-3H3,(H,31,32,34). The molecule has 1 N–H and O–H groups in total. The summed E-state index contributed by atoms with van der Waals surface area (Å²) in [6, 6.07) is 15.7. The molecule has 1 aliphatic heterocycles. The lowest BCUT2D eigenvalue weighted by molar-refractivity contribution is -0.123. The number of pyridine rings is 1. The third-order valence-corrected chi connectivity index (χ3v) is 7.36. The van der Waals surface area contributed by atoms with Gasteiger partial charge in [-0.3, -0.25) is 20.0 Å². The first-order valence-corrected chi connectivity index (χ1v) is 13.5. The minimum absolute atomic E-state index is 0.419. The van der Waals surface area contributed by atoms with Crippen LogP contribution in [-0.2, 0) is 22.5 Å². The highest BCUT2D eigenvalue weighted by Gasteiger charge is 2.28. The molecular formula is C29H30N4O3S. The van der Waals surface area contributed by atoms with Crippen LogP contribution < -0.4 is 5.32 Å². The molecule has 190 valence electrons. The Morgan fingerprint density at radius 2 is 1.92 bits per heavy atom. The number of hydrogen-bond acceptors (Lipinski definition) is 7. The molecule has 0 saturated heterocycles. The Bertz CT molecular complexity index is 1450. The Morgan fingerprint density at radius 3 is 2.70 bits per heavy atom. The van der Waals surface area contributed by atoms with Crippen LogP contribution in [0.2, 0.25) is 0 Å². The number of thiazole rings is 1. The summed E-state index contributed by atoms with van der Waals surface area (Å²) in [4.78, 5) is 38.1. The van der Waals surface area contributed by atoms with Gasteiger partial charge in [0, 0.05) is 47.1 Å². The molecule has 2 aromatic heterocycles. The molecule has 1 amide bonds. The third kappa shape index (κ3) is 5.40. The fourth-order valence-corrected chi connectivity index (χ4v) is 5.38. The molecule has 7 nitrogen and oxygen atoms in total. The molecule has 5 rings (SSSR count). The molecule has 4 aromatic rings. The highest BCUT2D eigenvalue weighted by atomic mass is 32.1. The Morgan fingerprint density at radius 1 is 1.14 bits per heavy atom. The maximum atomic E-state index is 13.5. The number of nitrogens with zero attached hydrogens (tertiary/aromatic N) is 3. The topological polar surface area (TPSA) is 84.4 Å². The van der Waals surface area contributed by atoms with Gasteiger partial charge in [0.15, 0.2) is 11.2 Å². The van der Waals surface area contributed by atoms with Gasteiger partial charge >= 0.3 is 5.97 Å². The summed E-state index contributed by atoms with van der Waals surface area (Å²) < 4.78 is 5.72. The van der Waals surface area contributed by atoms with Crippen molar-refractivity contribution in [3.63, 3.8) is 0 Å². The van der Waals surface area contributed by atoms with Crippen molar-refractivity contribution < 1.29 is 14.3 Å². The SMILES string of the molecule is CCCN1CCc2nc3ccccc3c(C(=O)OC(C)C(=O)Nc3nc(-c4ccc(C)cc4)cs3)c2C1. The van der Waals surface area contributed by atoms with Gasteiger partial charge in [-0.1, -0.05) is 55.0 Å². The molecule has 1 aliphatic rings. The maximum Gasteiger partial charge on any atom is 0.339 e. The van der Waals surface area contributed by atoms with Crippen LogP contribution in [0.3, 0.4) is 0 Å². The van der Waals surface area contributed by atoms with Crippen molar-refractivity contribution in [3.8, 4) is 11.3 Å². The van der Waals surface area contributed by atoms with Crippen LogP contribution in [0, 0.1) is 6.92 Å². The van der Waals surface area contributed by atoms with Crippen molar-refractivity contribution in [3.05, 3.63) is 76.3 Å². The van der Waals surface area contributed by atoms with Gasteiger partial charge in [-0.15, -0.1) is 11.3 Å². The summed E-state index contributed by atoms with van der Waals surface area (Å²) in [6.45, 7) is 8.28. The molecule has 0 spiro atoms. The quantitative estimate of drug-likeness (QED) is 0.322. The predicted octanol–water partition coefficient (Wildman–Crippen LogP) is 5.62. The summed E-state index contributed by atoms with van der Waals surface area (Å²) in [5.74, 6) is -0.923. The molecule has 8 heteroatoms. The summed E-state index contributed by atoms with van der Waals surface area (Å²) >= 11 is 1.34. The van der Waals surface area contributed by atoms with Gasteiger partial charge in [-0.25, -0.2) is 9.78 Å². The number of benzene rings is 2. The molecule has 0 saturated carbocycles. The number of para-hydroxylation sites is 1. The molecule has 0 bridgehead atoms. The van der Waals surface area contributed by atoms with Crippen molar-refractivity contribution in [1.82, 2.24) is 14.9 Å². The largest absolute Gasteiger partial charge is 0.449 e.